The smallest absolute Gasteiger partial charge is 0.0573 e. The van der Waals surface area contributed by atoms with Gasteiger partial charge in [-0.2, -0.15) is 0 Å². The minimum absolute atomic E-state index is 1.06. The summed E-state index contributed by atoms with van der Waals surface area (Å²) in [5, 5.41) is 0. The lowest BCUT2D eigenvalue weighted by Crippen LogP contribution is -2.33. The van der Waals surface area contributed by atoms with Gasteiger partial charge in [-0.15, -0.1) is 6.58 Å². The van der Waals surface area contributed by atoms with Crippen LogP contribution in [0.5, 0.6) is 0 Å². The molecule has 0 fully saturated rings. The molecule has 0 aliphatic heterocycles. The maximum absolute atomic E-state index is 4.11. The molecule has 0 saturated heterocycles. The van der Waals surface area contributed by atoms with Crippen molar-refractivity contribution in [3.63, 3.8) is 0 Å². The van der Waals surface area contributed by atoms with E-state index < -0.39 is 8.07 Å². The van der Waals surface area contributed by atoms with E-state index in [0.717, 1.165) is 0 Å². The van der Waals surface area contributed by atoms with E-state index in [-0.39, 0.29) is 0 Å². The zero-order valence-electron chi connectivity index (χ0n) is 16.1. The highest BCUT2D eigenvalue weighted by molar-refractivity contribution is 6.80. The quantitative estimate of drug-likeness (QED) is 0.143. The molecule has 0 atom stereocenters. The highest BCUT2D eigenvalue weighted by atomic mass is 28.3. The highest BCUT2D eigenvalue weighted by Crippen LogP contribution is 2.33. The first-order valence-corrected chi connectivity index (χ1v) is 13.2. The van der Waals surface area contributed by atoms with Crippen LogP contribution in [0.2, 0.25) is 24.2 Å². The number of hydrogen-bond donors (Lipinski definition) is 0. The molecular weight excluding hydrogens is 280 g/mol. The summed E-state index contributed by atoms with van der Waals surface area (Å²) in [4.78, 5) is 0. The Bertz CT molecular complexity index is 203. The van der Waals surface area contributed by atoms with Gasteiger partial charge in [-0.25, -0.2) is 0 Å². The van der Waals surface area contributed by atoms with Gasteiger partial charge in [0.2, 0.25) is 0 Å². The summed E-state index contributed by atoms with van der Waals surface area (Å²) in [6, 6.07) is 6.13. The molecule has 0 aliphatic carbocycles. The molecule has 0 aromatic heterocycles. The van der Waals surface area contributed by atoms with Crippen LogP contribution in [-0.4, -0.2) is 8.07 Å². The molecule has 22 heavy (non-hydrogen) atoms. The molecule has 0 spiro atoms. The molecule has 1 heteroatoms. The van der Waals surface area contributed by atoms with E-state index >= 15 is 0 Å². The predicted octanol–water partition coefficient (Wildman–Crippen LogP) is 8.36. The van der Waals surface area contributed by atoms with Gasteiger partial charge in [0.15, 0.2) is 0 Å². The van der Waals surface area contributed by atoms with Crippen molar-refractivity contribution in [1.29, 1.82) is 0 Å². The second kappa shape index (κ2) is 15.8. The summed E-state index contributed by atoms with van der Waals surface area (Å²) in [5.41, 5.74) is 0. The molecule has 0 unspecified atom stereocenters. The second-order valence-electron chi connectivity index (χ2n) is 7.42. The molecule has 132 valence electrons. The molecule has 0 rings (SSSR count). The fraction of sp³-hybridized carbons (Fsp3) is 0.905. The highest BCUT2D eigenvalue weighted by Gasteiger charge is 2.29. The van der Waals surface area contributed by atoms with Crippen molar-refractivity contribution < 1.29 is 0 Å². The molecular formula is C21H44Si. The van der Waals surface area contributed by atoms with Crippen molar-refractivity contribution in [2.45, 2.75) is 122 Å². The topological polar surface area (TPSA) is 0 Å². The van der Waals surface area contributed by atoms with Gasteiger partial charge in [0, 0.05) is 0 Å². The minimum atomic E-state index is -1.06. The van der Waals surface area contributed by atoms with Crippen LogP contribution in [0.25, 0.3) is 0 Å². The van der Waals surface area contributed by atoms with Crippen LogP contribution >= 0.6 is 0 Å². The second-order valence-corrected chi connectivity index (χ2v) is 12.3. The molecule has 0 aromatic rings. The third-order valence-electron chi connectivity index (χ3n) is 5.26. The van der Waals surface area contributed by atoms with Gasteiger partial charge in [-0.05, 0) is 6.04 Å². The van der Waals surface area contributed by atoms with Crippen LogP contribution < -0.4 is 0 Å². The van der Waals surface area contributed by atoms with Crippen LogP contribution in [0.1, 0.15) is 97.8 Å². The Balaban J connectivity index is 4.43. The summed E-state index contributed by atoms with van der Waals surface area (Å²) < 4.78 is 0. The molecule has 0 aromatic carbocycles. The summed E-state index contributed by atoms with van der Waals surface area (Å²) in [6.45, 7) is 11.1. The van der Waals surface area contributed by atoms with Gasteiger partial charge < -0.3 is 0 Å². The lowest BCUT2D eigenvalue weighted by atomic mass is 10.2. The van der Waals surface area contributed by atoms with E-state index in [1.165, 1.54) is 83.1 Å². The van der Waals surface area contributed by atoms with Crippen LogP contribution in [-0.2, 0) is 0 Å². The van der Waals surface area contributed by atoms with Crippen molar-refractivity contribution in [2.75, 3.05) is 0 Å². The first kappa shape index (κ1) is 22.0. The third kappa shape index (κ3) is 11.5. The molecule has 0 amide bonds. The monoisotopic (exact) mass is 324 g/mol. The van der Waals surface area contributed by atoms with Crippen molar-refractivity contribution in [3.8, 4) is 0 Å². The standard InChI is InChI=1S/C21H44Si/c1-5-9-12-15-19-22(18-8-4,20-16-13-10-6-2)21-17-14-11-7-3/h8H,4-7,9-21H2,1-3H3. The Kier molecular flexibility index (Phi) is 15.8. The molecule has 0 nitrogen and oxygen atoms in total. The Hall–Kier alpha value is -0.0431. The molecule has 0 bridgehead atoms. The number of rotatable bonds is 17. The van der Waals surface area contributed by atoms with Crippen molar-refractivity contribution in [2.24, 2.45) is 0 Å². The Morgan fingerprint density at radius 1 is 0.591 bits per heavy atom. The van der Waals surface area contributed by atoms with Crippen LogP contribution in [0.3, 0.4) is 0 Å². The summed E-state index contributed by atoms with van der Waals surface area (Å²) in [6.07, 6.45) is 19.5. The van der Waals surface area contributed by atoms with Gasteiger partial charge in [-0.1, -0.05) is 122 Å². The normalized spacial score (nSPS) is 11.8. The number of hydrogen-bond acceptors (Lipinski definition) is 0. The molecule has 0 N–H and O–H groups in total. The van der Waals surface area contributed by atoms with Gasteiger partial charge in [0.05, 0.1) is 8.07 Å². The number of unbranched alkanes of at least 4 members (excludes halogenated alkanes) is 9. The van der Waals surface area contributed by atoms with E-state index in [1.54, 1.807) is 18.1 Å². The Morgan fingerprint density at radius 3 is 1.23 bits per heavy atom. The van der Waals surface area contributed by atoms with Gasteiger partial charge in [0.1, 0.15) is 0 Å². The number of allylic oxidation sites excluding steroid dienone is 1. The maximum atomic E-state index is 4.11. The first-order valence-electron chi connectivity index (χ1n) is 10.4. The van der Waals surface area contributed by atoms with Gasteiger partial charge in [-0.3, -0.25) is 0 Å². The third-order valence-corrected chi connectivity index (χ3v) is 10.7. The van der Waals surface area contributed by atoms with Crippen molar-refractivity contribution >= 4 is 8.07 Å². The largest absolute Gasteiger partial charge is 0.103 e. The van der Waals surface area contributed by atoms with Gasteiger partial charge >= 0.3 is 0 Å². The van der Waals surface area contributed by atoms with Crippen LogP contribution in [0.4, 0.5) is 0 Å². The average molecular weight is 325 g/mol. The molecule has 0 radical (unpaired) electrons. The summed E-state index contributed by atoms with van der Waals surface area (Å²) in [7, 11) is -1.06. The van der Waals surface area contributed by atoms with Crippen molar-refractivity contribution in [1.82, 2.24) is 0 Å². The van der Waals surface area contributed by atoms with Crippen LogP contribution in [0.15, 0.2) is 12.7 Å². The SMILES string of the molecule is C=CC[Si](CCCCCC)(CCCCCC)CCCCCC. The van der Waals surface area contributed by atoms with E-state index in [4.69, 9.17) is 0 Å². The fourth-order valence-corrected chi connectivity index (χ4v) is 8.74. The molecule has 0 heterocycles. The lowest BCUT2D eigenvalue weighted by Gasteiger charge is -2.31. The zero-order chi connectivity index (χ0) is 16.5. The lowest BCUT2D eigenvalue weighted by molar-refractivity contribution is 0.664. The Labute approximate surface area is 143 Å². The summed E-state index contributed by atoms with van der Waals surface area (Å²) in [5.74, 6) is 0. The summed E-state index contributed by atoms with van der Waals surface area (Å²) >= 11 is 0. The Morgan fingerprint density at radius 2 is 0.955 bits per heavy atom. The van der Waals surface area contributed by atoms with Crippen LogP contribution in [0, 0.1) is 0 Å². The van der Waals surface area contributed by atoms with Crippen molar-refractivity contribution in [3.05, 3.63) is 12.7 Å². The maximum Gasteiger partial charge on any atom is 0.0573 e. The average Bonchev–Trinajstić information content (AvgIpc) is 2.53. The first-order chi connectivity index (χ1) is 10.7. The van der Waals surface area contributed by atoms with E-state index in [1.807, 2.05) is 0 Å². The van der Waals surface area contributed by atoms with E-state index in [9.17, 15) is 0 Å². The van der Waals surface area contributed by atoms with Gasteiger partial charge in [0.25, 0.3) is 0 Å². The minimum Gasteiger partial charge on any atom is -0.103 e. The molecule has 0 aliphatic rings. The van der Waals surface area contributed by atoms with E-state index in [0.29, 0.717) is 0 Å². The zero-order valence-corrected chi connectivity index (χ0v) is 17.1. The fourth-order valence-electron chi connectivity index (χ4n) is 3.77. The van der Waals surface area contributed by atoms with E-state index in [2.05, 4.69) is 33.4 Å². The predicted molar refractivity (Wildman–Crippen MR) is 108 cm³/mol. The molecule has 0 saturated carbocycles.